The molecule has 1 atom stereocenters. The van der Waals surface area contributed by atoms with Crippen molar-refractivity contribution in [1.82, 2.24) is 20.2 Å². The number of rotatable bonds is 7. The average molecular weight is 339 g/mol. The molecule has 0 aliphatic rings. The minimum Gasteiger partial charge on any atom is -0.364 e. The first-order chi connectivity index (χ1) is 12.0. The summed E-state index contributed by atoms with van der Waals surface area (Å²) >= 11 is 0. The first-order valence-corrected chi connectivity index (χ1v) is 8.58. The van der Waals surface area contributed by atoms with Crippen molar-refractivity contribution in [3.05, 3.63) is 41.6 Å². The second-order valence-corrected chi connectivity index (χ2v) is 6.58. The molecular formula is C18H25N7. The van der Waals surface area contributed by atoms with E-state index in [9.17, 15) is 0 Å². The van der Waals surface area contributed by atoms with E-state index in [0.717, 1.165) is 16.7 Å². The van der Waals surface area contributed by atoms with Gasteiger partial charge in [-0.3, -0.25) is 5.10 Å². The summed E-state index contributed by atoms with van der Waals surface area (Å²) in [5.74, 6) is 1.57. The number of nitrogens with zero attached hydrogens (tertiary/aromatic N) is 3. The number of aromatic amines is 1. The van der Waals surface area contributed by atoms with Gasteiger partial charge >= 0.3 is 0 Å². The molecule has 3 rings (SSSR count). The summed E-state index contributed by atoms with van der Waals surface area (Å²) in [6.45, 7) is 7.45. The van der Waals surface area contributed by atoms with Crippen LogP contribution in [0.3, 0.4) is 0 Å². The Balaban J connectivity index is 1.93. The van der Waals surface area contributed by atoms with Crippen LogP contribution in [-0.2, 0) is 6.54 Å². The van der Waals surface area contributed by atoms with E-state index in [2.05, 4.69) is 56.8 Å². The Hall–Kier alpha value is -2.67. The van der Waals surface area contributed by atoms with Gasteiger partial charge in [0.1, 0.15) is 5.52 Å². The van der Waals surface area contributed by atoms with Crippen LogP contribution in [0.4, 0.5) is 11.8 Å². The fourth-order valence-corrected chi connectivity index (χ4v) is 2.56. The van der Waals surface area contributed by atoms with E-state index in [1.165, 1.54) is 5.56 Å². The van der Waals surface area contributed by atoms with Crippen LogP contribution in [0.5, 0.6) is 0 Å². The number of aromatic nitrogens is 4. The van der Waals surface area contributed by atoms with Crippen LogP contribution in [0.25, 0.3) is 11.0 Å². The first kappa shape index (κ1) is 17.2. The lowest BCUT2D eigenvalue weighted by atomic mass is 10.1. The molecule has 7 heteroatoms. The highest BCUT2D eigenvalue weighted by Crippen LogP contribution is 2.27. The van der Waals surface area contributed by atoms with Gasteiger partial charge in [0.15, 0.2) is 11.3 Å². The average Bonchev–Trinajstić information content (AvgIpc) is 3.03. The molecule has 2 heterocycles. The number of hydrogen-bond donors (Lipinski definition) is 4. The maximum absolute atomic E-state index is 5.83. The lowest BCUT2D eigenvalue weighted by Gasteiger charge is -2.11. The van der Waals surface area contributed by atoms with Crippen molar-refractivity contribution in [2.24, 2.45) is 5.73 Å². The standard InChI is InChI=1S/C18H25N7/c1-11(2)14-15-16(25-24-14)17(20-10-13-7-5-4-6-8-13)23-18(22-15)21-9-12(3)19/h4-8,11-12H,9-10,19H2,1-3H3,(H,24,25)(H2,20,21,22,23). The van der Waals surface area contributed by atoms with E-state index >= 15 is 0 Å². The largest absolute Gasteiger partial charge is 0.364 e. The van der Waals surface area contributed by atoms with Crippen molar-refractivity contribution in [3.63, 3.8) is 0 Å². The monoisotopic (exact) mass is 339 g/mol. The number of anilines is 2. The number of hydrogen-bond acceptors (Lipinski definition) is 6. The number of H-pyrrole nitrogens is 1. The van der Waals surface area contributed by atoms with E-state index in [1.807, 2.05) is 25.1 Å². The number of nitrogens with one attached hydrogen (secondary N) is 3. The summed E-state index contributed by atoms with van der Waals surface area (Å²) in [5.41, 5.74) is 9.61. The minimum atomic E-state index is 0.0222. The zero-order valence-corrected chi connectivity index (χ0v) is 14.9. The molecule has 7 nitrogen and oxygen atoms in total. The predicted octanol–water partition coefficient (Wildman–Crippen LogP) is 2.85. The molecule has 132 valence electrons. The molecule has 0 fully saturated rings. The Morgan fingerprint density at radius 2 is 1.80 bits per heavy atom. The first-order valence-electron chi connectivity index (χ1n) is 8.58. The summed E-state index contributed by atoms with van der Waals surface area (Å²) in [6, 6.07) is 10.2. The predicted molar refractivity (Wildman–Crippen MR) is 102 cm³/mol. The van der Waals surface area contributed by atoms with Crippen molar-refractivity contribution < 1.29 is 0 Å². The van der Waals surface area contributed by atoms with E-state index < -0.39 is 0 Å². The summed E-state index contributed by atoms with van der Waals surface area (Å²) in [4.78, 5) is 9.22. The van der Waals surface area contributed by atoms with Gasteiger partial charge < -0.3 is 16.4 Å². The number of nitrogens with two attached hydrogens (primary N) is 1. The van der Waals surface area contributed by atoms with Crippen LogP contribution >= 0.6 is 0 Å². The lowest BCUT2D eigenvalue weighted by Crippen LogP contribution is -2.26. The Morgan fingerprint density at radius 1 is 1.04 bits per heavy atom. The minimum absolute atomic E-state index is 0.0222. The van der Waals surface area contributed by atoms with Crippen molar-refractivity contribution in [1.29, 1.82) is 0 Å². The Bertz CT molecular complexity index is 824. The third kappa shape index (κ3) is 4.06. The van der Waals surface area contributed by atoms with Gasteiger partial charge in [-0.25, -0.2) is 4.98 Å². The van der Waals surface area contributed by atoms with Crippen molar-refractivity contribution in [2.75, 3.05) is 17.2 Å². The molecule has 0 amide bonds. The molecule has 3 aromatic rings. The molecule has 0 bridgehead atoms. The SMILES string of the molecule is CC(N)CNc1nc(NCc2ccccc2)c2n[nH]c(C(C)C)c2n1. The van der Waals surface area contributed by atoms with Gasteiger partial charge in [0.25, 0.3) is 0 Å². The van der Waals surface area contributed by atoms with Crippen LogP contribution in [0, 0.1) is 0 Å². The quantitative estimate of drug-likeness (QED) is 0.527. The molecule has 0 saturated heterocycles. The van der Waals surface area contributed by atoms with E-state index in [4.69, 9.17) is 5.73 Å². The Labute approximate surface area is 147 Å². The van der Waals surface area contributed by atoms with Gasteiger partial charge in [0, 0.05) is 19.1 Å². The van der Waals surface area contributed by atoms with Crippen molar-refractivity contribution in [3.8, 4) is 0 Å². The molecule has 2 aromatic heterocycles. The molecular weight excluding hydrogens is 314 g/mol. The summed E-state index contributed by atoms with van der Waals surface area (Å²) in [7, 11) is 0. The van der Waals surface area contributed by atoms with Gasteiger partial charge in [-0.15, -0.1) is 0 Å². The summed E-state index contributed by atoms with van der Waals surface area (Å²) < 4.78 is 0. The second kappa shape index (κ2) is 7.48. The zero-order valence-electron chi connectivity index (χ0n) is 14.9. The lowest BCUT2D eigenvalue weighted by molar-refractivity contribution is 0.774. The molecule has 0 saturated carbocycles. The third-order valence-corrected chi connectivity index (χ3v) is 3.89. The van der Waals surface area contributed by atoms with Gasteiger partial charge in [0.05, 0.1) is 5.69 Å². The maximum Gasteiger partial charge on any atom is 0.225 e. The van der Waals surface area contributed by atoms with Crippen molar-refractivity contribution >= 4 is 22.8 Å². The summed E-state index contributed by atoms with van der Waals surface area (Å²) in [6.07, 6.45) is 0. The normalized spacial score (nSPS) is 12.5. The van der Waals surface area contributed by atoms with Gasteiger partial charge in [-0.2, -0.15) is 10.1 Å². The highest BCUT2D eigenvalue weighted by molar-refractivity contribution is 5.88. The number of benzene rings is 1. The maximum atomic E-state index is 5.83. The Kier molecular flexibility index (Phi) is 5.14. The topological polar surface area (TPSA) is 105 Å². The molecule has 0 spiro atoms. The molecule has 1 aromatic carbocycles. The fraction of sp³-hybridized carbons (Fsp3) is 0.389. The van der Waals surface area contributed by atoms with E-state index in [0.29, 0.717) is 30.8 Å². The number of fused-ring (bicyclic) bond motifs is 1. The van der Waals surface area contributed by atoms with E-state index in [-0.39, 0.29) is 6.04 Å². The molecule has 0 aliphatic carbocycles. The summed E-state index contributed by atoms with van der Waals surface area (Å²) in [5, 5.41) is 14.1. The molecule has 0 aliphatic heterocycles. The fourth-order valence-electron chi connectivity index (χ4n) is 2.56. The molecule has 1 unspecified atom stereocenters. The van der Waals surface area contributed by atoms with E-state index in [1.54, 1.807) is 0 Å². The van der Waals surface area contributed by atoms with Crippen molar-refractivity contribution in [2.45, 2.75) is 39.3 Å². The Morgan fingerprint density at radius 3 is 2.48 bits per heavy atom. The van der Waals surface area contributed by atoms with Crippen LogP contribution < -0.4 is 16.4 Å². The highest BCUT2D eigenvalue weighted by atomic mass is 15.2. The highest BCUT2D eigenvalue weighted by Gasteiger charge is 2.16. The van der Waals surface area contributed by atoms with Gasteiger partial charge in [-0.05, 0) is 18.4 Å². The van der Waals surface area contributed by atoms with Gasteiger partial charge in [0.2, 0.25) is 5.95 Å². The van der Waals surface area contributed by atoms with Crippen LogP contribution in [0.15, 0.2) is 30.3 Å². The molecule has 5 N–H and O–H groups in total. The third-order valence-electron chi connectivity index (χ3n) is 3.89. The van der Waals surface area contributed by atoms with Crippen LogP contribution in [0.2, 0.25) is 0 Å². The second-order valence-electron chi connectivity index (χ2n) is 6.58. The van der Waals surface area contributed by atoms with Gasteiger partial charge in [-0.1, -0.05) is 44.2 Å². The molecule has 0 radical (unpaired) electrons. The molecule has 25 heavy (non-hydrogen) atoms. The van der Waals surface area contributed by atoms with Crippen LogP contribution in [0.1, 0.15) is 37.9 Å². The zero-order chi connectivity index (χ0) is 17.8. The smallest absolute Gasteiger partial charge is 0.225 e. The van der Waals surface area contributed by atoms with Crippen LogP contribution in [-0.4, -0.2) is 32.8 Å².